The van der Waals surface area contributed by atoms with Gasteiger partial charge in [-0.05, 0) is 57.8 Å². The van der Waals surface area contributed by atoms with Crippen molar-refractivity contribution < 1.29 is 19.0 Å². The van der Waals surface area contributed by atoms with Gasteiger partial charge in [-0.3, -0.25) is 14.8 Å². The highest BCUT2D eigenvalue weighted by Crippen LogP contribution is 2.38. The highest BCUT2D eigenvalue weighted by Gasteiger charge is 2.16. The van der Waals surface area contributed by atoms with Crippen molar-refractivity contribution in [2.45, 2.75) is 20.5 Å². The molecule has 4 rings (SSSR count). The van der Waals surface area contributed by atoms with Crippen LogP contribution in [0.5, 0.6) is 17.2 Å². The van der Waals surface area contributed by atoms with E-state index in [9.17, 15) is 10.1 Å². The molecule has 216 valence electrons. The zero-order valence-corrected chi connectivity index (χ0v) is 24.4. The first-order valence-electron chi connectivity index (χ1n) is 13.4. The number of amides is 1. The minimum absolute atomic E-state index is 0.294. The number of carbonyl (C=O) groups is 1. The van der Waals surface area contributed by atoms with Crippen LogP contribution in [0.1, 0.15) is 23.7 Å². The van der Waals surface area contributed by atoms with Gasteiger partial charge in [-0.15, -0.1) is 0 Å². The number of benzene rings is 2. The van der Waals surface area contributed by atoms with E-state index in [1.54, 1.807) is 43.6 Å². The number of anilines is 3. The smallest absolute Gasteiger partial charge is 0.248 e. The number of methoxy groups -OCH3 is 1. The zero-order valence-electron chi connectivity index (χ0n) is 24.4. The molecule has 0 saturated heterocycles. The third kappa shape index (κ3) is 7.33. The highest BCUT2D eigenvalue weighted by atomic mass is 16.5. The molecule has 0 bridgehead atoms. The standard InChI is InChI=1S/C32H34N6O4/c1-6-41-29-17-25-24(16-26(29)37-31(39)10-8-14-38(3)4)32(22(18-33)19-35-25)36-23-11-12-28(30(15-23)40-5)42-20-27-21(2)9-7-13-34-27/h7-13,15-17,19H,6,14,20H2,1-5H3,(H,35,36)(H,37,39)/b10-8+. The number of aryl methyl sites for hydroxylation is 1. The lowest BCUT2D eigenvalue weighted by Gasteiger charge is -2.17. The van der Waals surface area contributed by atoms with Crippen LogP contribution >= 0.6 is 0 Å². The van der Waals surface area contributed by atoms with E-state index in [0.29, 0.717) is 70.5 Å². The number of fused-ring (bicyclic) bond motifs is 1. The number of ether oxygens (including phenoxy) is 3. The van der Waals surface area contributed by atoms with Crippen LogP contribution in [-0.2, 0) is 11.4 Å². The third-order valence-electron chi connectivity index (χ3n) is 6.30. The van der Waals surface area contributed by atoms with E-state index in [2.05, 4.69) is 26.7 Å². The summed E-state index contributed by atoms with van der Waals surface area (Å²) in [6.07, 6.45) is 6.50. The van der Waals surface area contributed by atoms with Crippen molar-refractivity contribution in [2.75, 3.05) is 45.0 Å². The fourth-order valence-electron chi connectivity index (χ4n) is 4.18. The number of hydrogen-bond acceptors (Lipinski definition) is 9. The molecule has 0 aliphatic heterocycles. The summed E-state index contributed by atoms with van der Waals surface area (Å²) < 4.78 is 17.4. The van der Waals surface area contributed by atoms with Gasteiger partial charge in [-0.1, -0.05) is 12.1 Å². The van der Waals surface area contributed by atoms with Crippen LogP contribution in [-0.4, -0.2) is 55.1 Å². The minimum atomic E-state index is -0.294. The average Bonchev–Trinajstić information content (AvgIpc) is 2.97. The van der Waals surface area contributed by atoms with Gasteiger partial charge in [0.15, 0.2) is 11.5 Å². The van der Waals surface area contributed by atoms with E-state index in [0.717, 1.165) is 11.3 Å². The van der Waals surface area contributed by atoms with Crippen molar-refractivity contribution in [3.8, 4) is 23.3 Å². The van der Waals surface area contributed by atoms with Gasteiger partial charge in [-0.25, -0.2) is 0 Å². The average molecular weight is 567 g/mol. The van der Waals surface area contributed by atoms with Crippen molar-refractivity contribution in [3.05, 3.63) is 83.8 Å². The van der Waals surface area contributed by atoms with Crippen LogP contribution in [0.25, 0.3) is 10.9 Å². The summed E-state index contributed by atoms with van der Waals surface area (Å²) in [5.41, 5.74) is 4.47. The molecule has 2 heterocycles. The maximum absolute atomic E-state index is 12.7. The predicted octanol–water partition coefficient (Wildman–Crippen LogP) is 5.60. The third-order valence-corrected chi connectivity index (χ3v) is 6.30. The monoisotopic (exact) mass is 566 g/mol. The Morgan fingerprint density at radius 1 is 1.10 bits per heavy atom. The molecular weight excluding hydrogens is 532 g/mol. The number of hydrogen-bond donors (Lipinski definition) is 2. The van der Waals surface area contributed by atoms with Crippen LogP contribution in [0.4, 0.5) is 17.1 Å². The number of nitrogens with zero attached hydrogens (tertiary/aromatic N) is 4. The van der Waals surface area contributed by atoms with E-state index >= 15 is 0 Å². The molecule has 0 aliphatic rings. The van der Waals surface area contributed by atoms with Gasteiger partial charge in [0.1, 0.15) is 18.4 Å². The normalized spacial score (nSPS) is 11.0. The van der Waals surface area contributed by atoms with Crippen LogP contribution in [0.15, 0.2) is 67.0 Å². The first-order chi connectivity index (χ1) is 20.3. The van der Waals surface area contributed by atoms with Gasteiger partial charge >= 0.3 is 0 Å². The summed E-state index contributed by atoms with van der Waals surface area (Å²) in [6.45, 7) is 5.18. The maximum Gasteiger partial charge on any atom is 0.248 e. The summed E-state index contributed by atoms with van der Waals surface area (Å²) in [4.78, 5) is 23.5. The largest absolute Gasteiger partial charge is 0.493 e. The molecule has 0 atom stereocenters. The van der Waals surface area contributed by atoms with Gasteiger partial charge in [0.25, 0.3) is 0 Å². The number of pyridine rings is 2. The molecule has 4 aromatic rings. The van der Waals surface area contributed by atoms with Gasteiger partial charge in [0.05, 0.1) is 41.9 Å². The Balaban J connectivity index is 1.67. The lowest BCUT2D eigenvalue weighted by Crippen LogP contribution is -2.13. The molecule has 0 fully saturated rings. The van der Waals surface area contributed by atoms with Crippen molar-refractivity contribution in [1.29, 1.82) is 5.26 Å². The van der Waals surface area contributed by atoms with E-state index in [1.165, 1.54) is 12.3 Å². The molecule has 0 unspecified atom stereocenters. The molecular formula is C32H34N6O4. The van der Waals surface area contributed by atoms with Gasteiger partial charge in [0, 0.05) is 48.2 Å². The number of nitrogens with one attached hydrogen (secondary N) is 2. The molecule has 0 radical (unpaired) electrons. The summed E-state index contributed by atoms with van der Waals surface area (Å²) in [7, 11) is 5.41. The minimum Gasteiger partial charge on any atom is -0.493 e. The van der Waals surface area contributed by atoms with Crippen LogP contribution < -0.4 is 24.8 Å². The fraction of sp³-hybridized carbons (Fsp3) is 0.250. The second-order valence-corrected chi connectivity index (χ2v) is 9.66. The summed E-state index contributed by atoms with van der Waals surface area (Å²) in [5, 5.41) is 16.8. The summed E-state index contributed by atoms with van der Waals surface area (Å²) in [6, 6.07) is 15.0. The van der Waals surface area contributed by atoms with Crippen molar-refractivity contribution in [1.82, 2.24) is 14.9 Å². The Bertz CT molecular complexity index is 1640. The van der Waals surface area contributed by atoms with E-state index < -0.39 is 0 Å². The van der Waals surface area contributed by atoms with E-state index in [1.807, 2.05) is 51.0 Å². The second-order valence-electron chi connectivity index (χ2n) is 9.66. The quantitative estimate of drug-likeness (QED) is 0.211. The number of aromatic nitrogens is 2. The predicted molar refractivity (Wildman–Crippen MR) is 164 cm³/mol. The molecule has 2 aromatic heterocycles. The Hall–Kier alpha value is -5.14. The van der Waals surface area contributed by atoms with Crippen LogP contribution in [0, 0.1) is 18.3 Å². The second kappa shape index (κ2) is 14.0. The number of nitriles is 1. The number of likely N-dealkylation sites (N-methyl/N-ethyl adjacent to an activating group) is 1. The molecule has 0 spiro atoms. The molecule has 42 heavy (non-hydrogen) atoms. The molecule has 2 N–H and O–H groups in total. The first kappa shape index (κ1) is 29.8. The molecule has 0 aliphatic carbocycles. The Labute approximate surface area is 245 Å². The lowest BCUT2D eigenvalue weighted by molar-refractivity contribution is -0.111. The molecule has 0 saturated carbocycles. The fourth-order valence-corrected chi connectivity index (χ4v) is 4.18. The summed E-state index contributed by atoms with van der Waals surface area (Å²) in [5.74, 6) is 1.26. The van der Waals surface area contributed by atoms with E-state index in [-0.39, 0.29) is 5.91 Å². The summed E-state index contributed by atoms with van der Waals surface area (Å²) >= 11 is 0. The van der Waals surface area contributed by atoms with Crippen molar-refractivity contribution >= 4 is 33.9 Å². The first-order valence-corrected chi connectivity index (χ1v) is 13.4. The molecule has 2 aromatic carbocycles. The van der Waals surface area contributed by atoms with Crippen molar-refractivity contribution in [3.63, 3.8) is 0 Å². The zero-order chi connectivity index (χ0) is 30.1. The lowest BCUT2D eigenvalue weighted by atomic mass is 10.1. The van der Waals surface area contributed by atoms with E-state index in [4.69, 9.17) is 14.2 Å². The molecule has 10 heteroatoms. The Morgan fingerprint density at radius 3 is 2.64 bits per heavy atom. The van der Waals surface area contributed by atoms with Crippen LogP contribution in [0.2, 0.25) is 0 Å². The topological polar surface area (TPSA) is 122 Å². The Morgan fingerprint density at radius 2 is 1.93 bits per heavy atom. The highest BCUT2D eigenvalue weighted by molar-refractivity contribution is 6.04. The van der Waals surface area contributed by atoms with Gasteiger partial charge in [-0.2, -0.15) is 5.26 Å². The van der Waals surface area contributed by atoms with Gasteiger partial charge < -0.3 is 29.7 Å². The number of rotatable bonds is 12. The number of carbonyl (C=O) groups excluding carboxylic acids is 1. The van der Waals surface area contributed by atoms with Gasteiger partial charge in [0.2, 0.25) is 5.91 Å². The van der Waals surface area contributed by atoms with Crippen LogP contribution in [0.3, 0.4) is 0 Å². The van der Waals surface area contributed by atoms with Crippen molar-refractivity contribution in [2.24, 2.45) is 0 Å². The SMILES string of the molecule is CCOc1cc2ncc(C#N)c(Nc3ccc(OCc4ncccc4C)c(OC)c3)c2cc1NC(=O)/C=C/CN(C)C. The molecule has 10 nitrogen and oxygen atoms in total. The molecule has 1 amide bonds. The maximum atomic E-state index is 12.7. The Kier molecular flexibility index (Phi) is 9.92.